The van der Waals surface area contributed by atoms with Crippen LogP contribution in [-0.2, 0) is 6.42 Å². The van der Waals surface area contributed by atoms with Crippen molar-refractivity contribution in [3.05, 3.63) is 45.4 Å². The van der Waals surface area contributed by atoms with Crippen LogP contribution in [-0.4, -0.2) is 33.9 Å². The third-order valence-corrected chi connectivity index (χ3v) is 9.21. The fraction of sp³-hybridized carbons (Fsp3) is 0.615. The minimum absolute atomic E-state index is 0.153. The van der Waals surface area contributed by atoms with Gasteiger partial charge in [-0.1, -0.05) is 19.4 Å². The number of fused-ring (bicyclic) bond motifs is 1. The molecule has 3 fully saturated rings. The van der Waals surface area contributed by atoms with Crippen LogP contribution in [0.2, 0.25) is 0 Å². The van der Waals surface area contributed by atoms with Crippen molar-refractivity contribution in [2.45, 2.75) is 76.2 Å². The number of hydrogen-bond acceptors (Lipinski definition) is 5. The largest absolute Gasteiger partial charge is 0.493 e. The van der Waals surface area contributed by atoms with E-state index >= 15 is 0 Å². The minimum Gasteiger partial charge on any atom is -0.493 e. The highest BCUT2D eigenvalue weighted by atomic mass is 32.1. The number of thiazole rings is 1. The van der Waals surface area contributed by atoms with Gasteiger partial charge in [0.1, 0.15) is 5.75 Å². The number of nitrogens with zero attached hydrogens (tertiary/aromatic N) is 1. The van der Waals surface area contributed by atoms with E-state index in [4.69, 9.17) is 9.84 Å². The van der Waals surface area contributed by atoms with Crippen molar-refractivity contribution in [1.29, 1.82) is 0 Å². The second-order valence-electron chi connectivity index (χ2n) is 9.93. The van der Waals surface area contributed by atoms with Gasteiger partial charge in [0.25, 0.3) is 0 Å². The molecule has 0 amide bonds. The van der Waals surface area contributed by atoms with Gasteiger partial charge in [0.2, 0.25) is 0 Å². The summed E-state index contributed by atoms with van der Waals surface area (Å²) in [5.41, 5.74) is 3.06. The predicted octanol–water partition coefficient (Wildman–Crippen LogP) is 5.63. The molecule has 172 valence electrons. The second kappa shape index (κ2) is 9.14. The average Bonchev–Trinajstić information content (AvgIpc) is 3.35. The summed E-state index contributed by atoms with van der Waals surface area (Å²) in [6.07, 6.45) is 8.50. The molecule has 0 bridgehead atoms. The molecule has 0 radical (unpaired) electrons. The van der Waals surface area contributed by atoms with Crippen molar-refractivity contribution in [1.82, 2.24) is 4.98 Å². The van der Waals surface area contributed by atoms with Gasteiger partial charge in [-0.25, -0.2) is 9.78 Å². The molecule has 32 heavy (non-hydrogen) atoms. The van der Waals surface area contributed by atoms with Crippen LogP contribution in [0, 0.1) is 17.8 Å². The number of benzene rings is 1. The molecule has 3 aliphatic rings. The van der Waals surface area contributed by atoms with Gasteiger partial charge in [0, 0.05) is 17.2 Å². The highest BCUT2D eigenvalue weighted by molar-refractivity contribution is 7.09. The van der Waals surface area contributed by atoms with E-state index in [1.54, 1.807) is 5.38 Å². The molecule has 0 unspecified atom stereocenters. The molecular weight excluding hydrogens is 422 g/mol. The third kappa shape index (κ3) is 4.19. The summed E-state index contributed by atoms with van der Waals surface area (Å²) in [7, 11) is 0. The number of aromatic carboxylic acids is 1. The lowest BCUT2D eigenvalue weighted by Gasteiger charge is -2.33. The molecule has 1 aromatic heterocycles. The Labute approximate surface area is 193 Å². The molecule has 2 N–H and O–H groups in total. The fourth-order valence-corrected chi connectivity index (χ4v) is 7.14. The number of carbonyl (C=O) groups is 1. The number of hydrogen-bond donors (Lipinski definition) is 2. The van der Waals surface area contributed by atoms with Crippen molar-refractivity contribution >= 4 is 17.3 Å². The topological polar surface area (TPSA) is 79.7 Å². The molecule has 5 atom stereocenters. The van der Waals surface area contributed by atoms with Crippen molar-refractivity contribution < 1.29 is 19.7 Å². The smallest absolute Gasteiger partial charge is 0.355 e. The number of carboxylic acids is 1. The zero-order valence-corrected chi connectivity index (χ0v) is 19.5. The molecule has 3 saturated carbocycles. The molecule has 3 aliphatic carbocycles. The standard InChI is InChI=1S/C26H33NO4S/c1-2-15-6-8-19(12-21(15)16-4-3-5-16)31-13-22-20-9-7-17(10-18(20)11-24(22)28)25-27-23(14-32-25)26(29)30/h6,8,12,14,16-18,20,22,24,28H,2-5,7,9-11,13H2,1H3,(H,29,30)/t17-,18-,20-,22+,24-/m0/s1. The maximum absolute atomic E-state index is 11.2. The van der Waals surface area contributed by atoms with E-state index in [1.807, 2.05) is 0 Å². The molecule has 1 heterocycles. The molecule has 0 saturated heterocycles. The van der Waals surface area contributed by atoms with Gasteiger partial charge in [-0.15, -0.1) is 11.3 Å². The Hall–Kier alpha value is -1.92. The number of aliphatic hydroxyl groups is 1. The van der Waals surface area contributed by atoms with Gasteiger partial charge >= 0.3 is 5.97 Å². The summed E-state index contributed by atoms with van der Waals surface area (Å²) >= 11 is 1.46. The monoisotopic (exact) mass is 455 g/mol. The third-order valence-electron chi connectivity index (χ3n) is 8.21. The number of aliphatic hydroxyl groups excluding tert-OH is 1. The SMILES string of the molecule is CCc1ccc(OC[C@@H]2[C@H]3CC[C@H](c4nc(C(=O)O)cs4)C[C@H]3C[C@@H]2O)cc1C1CCC1. The first-order chi connectivity index (χ1) is 15.5. The van der Waals surface area contributed by atoms with Crippen LogP contribution in [0.4, 0.5) is 0 Å². The lowest BCUT2D eigenvalue weighted by Crippen LogP contribution is -2.29. The summed E-state index contributed by atoms with van der Waals surface area (Å²) < 4.78 is 6.27. The predicted molar refractivity (Wildman–Crippen MR) is 125 cm³/mol. The van der Waals surface area contributed by atoms with E-state index in [1.165, 1.54) is 41.7 Å². The summed E-state index contributed by atoms with van der Waals surface area (Å²) in [4.78, 5) is 15.5. The van der Waals surface area contributed by atoms with Crippen molar-refractivity contribution in [2.75, 3.05) is 6.61 Å². The number of aromatic nitrogens is 1. The lowest BCUT2D eigenvalue weighted by atomic mass is 9.73. The average molecular weight is 456 g/mol. The molecule has 2 aromatic rings. The van der Waals surface area contributed by atoms with E-state index < -0.39 is 5.97 Å². The fourth-order valence-electron chi connectivity index (χ4n) is 6.20. The van der Waals surface area contributed by atoms with E-state index in [0.29, 0.717) is 30.3 Å². The second-order valence-corrected chi connectivity index (χ2v) is 10.8. The first-order valence-electron chi connectivity index (χ1n) is 12.2. The van der Waals surface area contributed by atoms with Gasteiger partial charge in [-0.2, -0.15) is 0 Å². The van der Waals surface area contributed by atoms with Crippen LogP contribution < -0.4 is 4.74 Å². The van der Waals surface area contributed by atoms with Crippen LogP contribution in [0.5, 0.6) is 5.75 Å². The van der Waals surface area contributed by atoms with Crippen LogP contribution >= 0.6 is 11.3 Å². The maximum atomic E-state index is 11.2. The van der Waals surface area contributed by atoms with E-state index in [2.05, 4.69) is 30.1 Å². The summed E-state index contributed by atoms with van der Waals surface area (Å²) in [5.74, 6) is 2.10. The van der Waals surface area contributed by atoms with Gasteiger partial charge in [0.05, 0.1) is 17.7 Å². The van der Waals surface area contributed by atoms with Gasteiger partial charge in [-0.3, -0.25) is 0 Å². The Morgan fingerprint density at radius 2 is 2.03 bits per heavy atom. The van der Waals surface area contributed by atoms with Crippen LogP contribution in [0.1, 0.15) is 90.3 Å². The molecule has 5 nitrogen and oxygen atoms in total. The van der Waals surface area contributed by atoms with Crippen LogP contribution in [0.3, 0.4) is 0 Å². The number of rotatable bonds is 7. The minimum atomic E-state index is -0.956. The van der Waals surface area contributed by atoms with Crippen LogP contribution in [0.25, 0.3) is 0 Å². The van der Waals surface area contributed by atoms with Gasteiger partial charge in [-0.05, 0) is 86.0 Å². The lowest BCUT2D eigenvalue weighted by molar-refractivity contribution is 0.0689. The Bertz CT molecular complexity index is 968. The molecular formula is C26H33NO4S. The first-order valence-corrected chi connectivity index (χ1v) is 13.0. The first kappa shape index (κ1) is 21.9. The van der Waals surface area contributed by atoms with Gasteiger partial charge < -0.3 is 14.9 Å². The summed E-state index contributed by atoms with van der Waals surface area (Å²) in [6.45, 7) is 2.79. The number of carboxylic acid groups (broad SMARTS) is 1. The number of aryl methyl sites for hydroxylation is 1. The zero-order valence-electron chi connectivity index (χ0n) is 18.7. The molecule has 0 spiro atoms. The van der Waals surface area contributed by atoms with Crippen molar-refractivity contribution in [2.24, 2.45) is 17.8 Å². The van der Waals surface area contributed by atoms with E-state index in [0.717, 1.165) is 42.9 Å². The Kier molecular flexibility index (Phi) is 6.26. The highest BCUT2D eigenvalue weighted by Crippen LogP contribution is 2.50. The molecule has 0 aliphatic heterocycles. The quantitative estimate of drug-likeness (QED) is 0.565. The van der Waals surface area contributed by atoms with E-state index in [9.17, 15) is 9.90 Å². The Morgan fingerprint density at radius 1 is 1.19 bits per heavy atom. The van der Waals surface area contributed by atoms with Crippen LogP contribution in [0.15, 0.2) is 23.6 Å². The zero-order chi connectivity index (χ0) is 22.2. The van der Waals surface area contributed by atoms with Gasteiger partial charge in [0.15, 0.2) is 5.69 Å². The Balaban J connectivity index is 1.22. The number of ether oxygens (including phenoxy) is 1. The van der Waals surface area contributed by atoms with Crippen molar-refractivity contribution in [3.8, 4) is 5.75 Å². The highest BCUT2D eigenvalue weighted by Gasteiger charge is 2.46. The summed E-state index contributed by atoms with van der Waals surface area (Å²) in [5, 5.41) is 22.6. The maximum Gasteiger partial charge on any atom is 0.355 e. The molecule has 1 aromatic carbocycles. The summed E-state index contributed by atoms with van der Waals surface area (Å²) in [6, 6.07) is 6.57. The molecule has 6 heteroatoms. The Morgan fingerprint density at radius 3 is 2.72 bits per heavy atom. The normalized spacial score (nSPS) is 30.0. The van der Waals surface area contributed by atoms with Crippen molar-refractivity contribution in [3.63, 3.8) is 0 Å². The van der Waals surface area contributed by atoms with E-state index in [-0.39, 0.29) is 17.7 Å². The molecule has 5 rings (SSSR count).